The zero-order valence-electron chi connectivity index (χ0n) is 11.8. The van der Waals surface area contributed by atoms with Gasteiger partial charge in [0, 0.05) is 28.6 Å². The van der Waals surface area contributed by atoms with Crippen LogP contribution >= 0.6 is 11.3 Å². The second kappa shape index (κ2) is 7.41. The number of hydrogen-bond acceptors (Lipinski definition) is 3. The molecule has 0 aliphatic carbocycles. The number of fused-ring (bicyclic) bond motifs is 1. The third kappa shape index (κ3) is 3.58. The average Bonchev–Trinajstić information content (AvgIpc) is 2.89. The Bertz CT molecular complexity index is 558. The van der Waals surface area contributed by atoms with E-state index in [0.29, 0.717) is 12.5 Å². The lowest BCUT2D eigenvalue weighted by atomic mass is 10.00. The van der Waals surface area contributed by atoms with Crippen LogP contribution in [0.2, 0.25) is 0 Å². The number of amides is 1. The Hall–Kier alpha value is -1.39. The molecule has 0 bridgehead atoms. The van der Waals surface area contributed by atoms with Crippen molar-refractivity contribution in [2.45, 2.75) is 26.2 Å². The molecular weight excluding hydrogens is 270 g/mol. The van der Waals surface area contributed by atoms with Gasteiger partial charge in [-0.2, -0.15) is 0 Å². The van der Waals surface area contributed by atoms with Crippen molar-refractivity contribution in [1.29, 1.82) is 0 Å². The zero-order chi connectivity index (χ0) is 14.4. The first kappa shape index (κ1) is 15.0. The molecule has 1 aromatic carbocycles. The molecule has 0 fully saturated rings. The maximum Gasteiger partial charge on any atom is 0.252 e. The molecule has 2 N–H and O–H groups in total. The van der Waals surface area contributed by atoms with Crippen LogP contribution in [0.5, 0.6) is 0 Å². The lowest BCUT2D eigenvalue weighted by Gasteiger charge is -2.15. The fraction of sp³-hybridized carbons (Fsp3) is 0.438. The molecular formula is C16H21NO2S. The molecule has 0 saturated heterocycles. The van der Waals surface area contributed by atoms with Gasteiger partial charge in [0.05, 0.1) is 5.56 Å². The molecule has 2 rings (SSSR count). The Morgan fingerprint density at radius 1 is 1.35 bits per heavy atom. The molecule has 1 amide bonds. The van der Waals surface area contributed by atoms with Gasteiger partial charge in [0.15, 0.2) is 0 Å². The van der Waals surface area contributed by atoms with Crippen molar-refractivity contribution in [3.63, 3.8) is 0 Å². The maximum atomic E-state index is 12.3. The predicted octanol–water partition coefficient (Wildman–Crippen LogP) is 3.43. The number of hydrogen-bond donors (Lipinski definition) is 2. The molecule has 1 heterocycles. The summed E-state index contributed by atoms with van der Waals surface area (Å²) in [6.07, 6.45) is 2.85. The molecule has 0 spiro atoms. The third-order valence-corrected chi connectivity index (χ3v) is 4.47. The van der Waals surface area contributed by atoms with Crippen LogP contribution in [0.25, 0.3) is 10.1 Å². The van der Waals surface area contributed by atoms with E-state index in [1.807, 2.05) is 29.6 Å². The lowest BCUT2D eigenvalue weighted by Crippen LogP contribution is -2.29. The fourth-order valence-corrected chi connectivity index (χ4v) is 3.37. The molecule has 0 aliphatic heterocycles. The number of carbonyl (C=O) groups is 1. The third-order valence-electron chi connectivity index (χ3n) is 3.51. The average molecular weight is 291 g/mol. The van der Waals surface area contributed by atoms with Crippen molar-refractivity contribution in [2.75, 3.05) is 13.2 Å². The van der Waals surface area contributed by atoms with Crippen LogP contribution in [0, 0.1) is 5.92 Å². The summed E-state index contributed by atoms with van der Waals surface area (Å²) in [7, 11) is 0. The quantitative estimate of drug-likeness (QED) is 0.821. The molecule has 1 aromatic heterocycles. The number of carbonyl (C=O) groups excluding carboxylic acids is 1. The van der Waals surface area contributed by atoms with Gasteiger partial charge in [0.2, 0.25) is 0 Å². The first-order valence-electron chi connectivity index (χ1n) is 7.11. The van der Waals surface area contributed by atoms with Gasteiger partial charge in [-0.25, -0.2) is 0 Å². The summed E-state index contributed by atoms with van der Waals surface area (Å²) < 4.78 is 1.14. The minimum absolute atomic E-state index is 0.0125. The van der Waals surface area contributed by atoms with Gasteiger partial charge in [0.1, 0.15) is 0 Å². The monoisotopic (exact) mass is 291 g/mol. The van der Waals surface area contributed by atoms with Crippen LogP contribution in [-0.2, 0) is 0 Å². The van der Waals surface area contributed by atoms with Crippen LogP contribution in [0.3, 0.4) is 0 Å². The maximum absolute atomic E-state index is 12.3. The Kier molecular flexibility index (Phi) is 5.56. The van der Waals surface area contributed by atoms with Gasteiger partial charge in [-0.1, -0.05) is 31.5 Å². The van der Waals surface area contributed by atoms with Gasteiger partial charge in [0.25, 0.3) is 5.91 Å². The van der Waals surface area contributed by atoms with Gasteiger partial charge >= 0.3 is 0 Å². The number of thiophene rings is 1. The topological polar surface area (TPSA) is 49.3 Å². The van der Waals surface area contributed by atoms with Crippen LogP contribution in [-0.4, -0.2) is 24.2 Å². The second-order valence-electron chi connectivity index (χ2n) is 5.02. The summed E-state index contributed by atoms with van der Waals surface area (Å²) >= 11 is 1.60. The summed E-state index contributed by atoms with van der Waals surface area (Å²) in [4.78, 5) is 12.3. The van der Waals surface area contributed by atoms with E-state index in [1.54, 1.807) is 11.3 Å². The van der Waals surface area contributed by atoms with E-state index in [-0.39, 0.29) is 12.5 Å². The van der Waals surface area contributed by atoms with Crippen LogP contribution in [0.15, 0.2) is 29.6 Å². The molecule has 0 saturated carbocycles. The molecule has 1 unspecified atom stereocenters. The highest BCUT2D eigenvalue weighted by molar-refractivity contribution is 7.17. The Labute approximate surface area is 123 Å². The number of aliphatic hydroxyl groups excluding tert-OH is 1. The van der Waals surface area contributed by atoms with E-state index in [4.69, 9.17) is 5.11 Å². The van der Waals surface area contributed by atoms with E-state index in [1.165, 1.54) is 0 Å². The highest BCUT2D eigenvalue weighted by Gasteiger charge is 2.14. The number of aliphatic hydroxyl groups is 1. The largest absolute Gasteiger partial charge is 0.396 e. The molecule has 4 heteroatoms. The summed E-state index contributed by atoms with van der Waals surface area (Å²) in [5.41, 5.74) is 0.754. The van der Waals surface area contributed by atoms with Gasteiger partial charge in [-0.05, 0) is 24.8 Å². The fourth-order valence-electron chi connectivity index (χ4n) is 2.43. The molecule has 2 aromatic rings. The van der Waals surface area contributed by atoms with Crippen LogP contribution in [0.1, 0.15) is 36.5 Å². The summed E-state index contributed by atoms with van der Waals surface area (Å²) in [5, 5.41) is 15.0. The van der Waals surface area contributed by atoms with E-state index < -0.39 is 0 Å². The smallest absolute Gasteiger partial charge is 0.252 e. The van der Waals surface area contributed by atoms with Crippen molar-refractivity contribution in [3.05, 3.63) is 35.2 Å². The van der Waals surface area contributed by atoms with Crippen molar-refractivity contribution in [1.82, 2.24) is 5.32 Å². The normalized spacial score (nSPS) is 12.5. The minimum atomic E-state index is -0.0125. The minimum Gasteiger partial charge on any atom is -0.396 e. The summed E-state index contributed by atoms with van der Waals surface area (Å²) in [5.74, 6) is 0.348. The molecule has 3 nitrogen and oxygen atoms in total. The highest BCUT2D eigenvalue weighted by Crippen LogP contribution is 2.25. The van der Waals surface area contributed by atoms with Crippen molar-refractivity contribution < 1.29 is 9.90 Å². The van der Waals surface area contributed by atoms with Crippen LogP contribution in [0.4, 0.5) is 0 Å². The Morgan fingerprint density at radius 2 is 2.15 bits per heavy atom. The Morgan fingerprint density at radius 3 is 2.90 bits per heavy atom. The van der Waals surface area contributed by atoms with Crippen molar-refractivity contribution >= 4 is 27.3 Å². The number of benzene rings is 1. The van der Waals surface area contributed by atoms with E-state index in [9.17, 15) is 4.79 Å². The van der Waals surface area contributed by atoms with Crippen molar-refractivity contribution in [3.8, 4) is 0 Å². The lowest BCUT2D eigenvalue weighted by molar-refractivity contribution is 0.0945. The molecule has 108 valence electrons. The SMILES string of the molecule is CCCC(CCO)CNC(=O)c1csc2ccccc12. The summed E-state index contributed by atoms with van der Waals surface area (Å²) in [6.45, 7) is 2.94. The Balaban J connectivity index is 2.01. The van der Waals surface area contributed by atoms with Gasteiger partial charge < -0.3 is 10.4 Å². The second-order valence-corrected chi connectivity index (χ2v) is 5.93. The number of nitrogens with one attached hydrogen (secondary N) is 1. The van der Waals surface area contributed by atoms with Gasteiger partial charge in [-0.15, -0.1) is 11.3 Å². The highest BCUT2D eigenvalue weighted by atomic mass is 32.1. The van der Waals surface area contributed by atoms with Crippen LogP contribution < -0.4 is 5.32 Å². The predicted molar refractivity (Wildman–Crippen MR) is 84.3 cm³/mol. The van der Waals surface area contributed by atoms with E-state index in [2.05, 4.69) is 12.2 Å². The molecule has 0 radical (unpaired) electrons. The molecule has 20 heavy (non-hydrogen) atoms. The standard InChI is InChI=1S/C16H21NO2S/c1-2-5-12(8-9-18)10-17-16(19)14-11-20-15-7-4-3-6-13(14)15/h3-4,6-7,11-12,18H,2,5,8-10H2,1H3,(H,17,19). The van der Waals surface area contributed by atoms with Crippen molar-refractivity contribution in [2.24, 2.45) is 5.92 Å². The number of rotatable bonds is 7. The molecule has 0 aliphatic rings. The zero-order valence-corrected chi connectivity index (χ0v) is 12.6. The molecule has 1 atom stereocenters. The van der Waals surface area contributed by atoms with E-state index >= 15 is 0 Å². The van der Waals surface area contributed by atoms with Gasteiger partial charge in [-0.3, -0.25) is 4.79 Å². The first-order valence-corrected chi connectivity index (χ1v) is 7.99. The summed E-state index contributed by atoms with van der Waals surface area (Å²) in [6, 6.07) is 7.96. The first-order chi connectivity index (χ1) is 9.76. The van der Waals surface area contributed by atoms with E-state index in [0.717, 1.165) is 34.9 Å².